The van der Waals surface area contributed by atoms with Crippen molar-refractivity contribution < 1.29 is 22.7 Å². The Labute approximate surface area is 146 Å². The Hall–Kier alpha value is -1.54. The maximum Gasteiger partial charge on any atom is 0.320 e. The molecule has 0 saturated carbocycles. The molecule has 132 valence electrons. The van der Waals surface area contributed by atoms with Gasteiger partial charge in [-0.05, 0) is 19.1 Å². The summed E-state index contributed by atoms with van der Waals surface area (Å²) in [5.41, 5.74) is 0.977. The molecule has 0 spiro atoms. The number of methoxy groups -OCH3 is 1. The van der Waals surface area contributed by atoms with Crippen LogP contribution in [0.2, 0.25) is 0 Å². The standard InChI is InChI=1S/C16H21NO5S2/c1-12-3-5-13(6-4-12)24(20,21)10-7-15(18)17-8-9-23-14(11-17)16(19)22-2/h3-6,14H,7-11H2,1-2H3/t14-/m1/s1. The summed E-state index contributed by atoms with van der Waals surface area (Å²) >= 11 is 1.45. The molecule has 0 unspecified atom stereocenters. The van der Waals surface area contributed by atoms with Gasteiger partial charge in [0.25, 0.3) is 0 Å². The SMILES string of the molecule is COC(=O)[C@H]1CN(C(=O)CCS(=O)(=O)c2ccc(C)cc2)CCS1. The minimum Gasteiger partial charge on any atom is -0.468 e. The fraction of sp³-hybridized carbons (Fsp3) is 0.500. The molecule has 2 rings (SSSR count). The van der Waals surface area contributed by atoms with Crippen LogP contribution in [-0.2, 0) is 24.2 Å². The molecule has 1 saturated heterocycles. The van der Waals surface area contributed by atoms with Gasteiger partial charge in [-0.1, -0.05) is 17.7 Å². The Morgan fingerprint density at radius 1 is 1.29 bits per heavy atom. The minimum absolute atomic E-state index is 0.0885. The summed E-state index contributed by atoms with van der Waals surface area (Å²) < 4.78 is 29.3. The van der Waals surface area contributed by atoms with Gasteiger partial charge < -0.3 is 9.64 Å². The van der Waals surface area contributed by atoms with E-state index in [-0.39, 0.29) is 35.5 Å². The molecule has 0 bridgehead atoms. The predicted molar refractivity (Wildman–Crippen MR) is 92.7 cm³/mol. The Balaban J connectivity index is 1.94. The van der Waals surface area contributed by atoms with Crippen molar-refractivity contribution in [3.63, 3.8) is 0 Å². The Morgan fingerprint density at radius 3 is 2.58 bits per heavy atom. The van der Waals surface area contributed by atoms with Gasteiger partial charge in [0.2, 0.25) is 5.91 Å². The number of hydrogen-bond acceptors (Lipinski definition) is 6. The molecule has 1 fully saturated rings. The molecule has 1 aromatic rings. The number of ether oxygens (including phenoxy) is 1. The van der Waals surface area contributed by atoms with Crippen LogP contribution in [0, 0.1) is 6.92 Å². The fourth-order valence-corrected chi connectivity index (χ4v) is 4.75. The van der Waals surface area contributed by atoms with Crippen LogP contribution in [0.1, 0.15) is 12.0 Å². The quantitative estimate of drug-likeness (QED) is 0.725. The summed E-state index contributed by atoms with van der Waals surface area (Å²) in [6.45, 7) is 2.66. The second kappa shape index (κ2) is 8.02. The van der Waals surface area contributed by atoms with E-state index in [2.05, 4.69) is 0 Å². The van der Waals surface area contributed by atoms with Gasteiger partial charge in [-0.15, -0.1) is 11.8 Å². The van der Waals surface area contributed by atoms with Gasteiger partial charge in [-0.25, -0.2) is 8.42 Å². The lowest BCUT2D eigenvalue weighted by Gasteiger charge is -2.31. The maximum absolute atomic E-state index is 12.3. The third kappa shape index (κ3) is 4.73. The molecule has 0 aliphatic carbocycles. The molecule has 1 amide bonds. The highest BCUT2D eigenvalue weighted by molar-refractivity contribution is 8.00. The van der Waals surface area contributed by atoms with Gasteiger partial charge in [-0.2, -0.15) is 0 Å². The van der Waals surface area contributed by atoms with E-state index in [0.717, 1.165) is 5.56 Å². The Morgan fingerprint density at radius 2 is 1.96 bits per heavy atom. The summed E-state index contributed by atoms with van der Waals surface area (Å²) in [5, 5.41) is -0.401. The van der Waals surface area contributed by atoms with Crippen LogP contribution in [0.25, 0.3) is 0 Å². The lowest BCUT2D eigenvalue weighted by Crippen LogP contribution is -2.45. The first kappa shape index (κ1) is 18.8. The van der Waals surface area contributed by atoms with Gasteiger partial charge >= 0.3 is 5.97 Å². The van der Waals surface area contributed by atoms with Crippen molar-refractivity contribution in [1.29, 1.82) is 0 Å². The second-order valence-electron chi connectivity index (χ2n) is 5.60. The maximum atomic E-state index is 12.3. The van der Waals surface area contributed by atoms with Crippen molar-refractivity contribution >= 4 is 33.5 Å². The monoisotopic (exact) mass is 371 g/mol. The summed E-state index contributed by atoms with van der Waals surface area (Å²) in [5.74, 6) is -0.206. The van der Waals surface area contributed by atoms with Crippen LogP contribution >= 0.6 is 11.8 Å². The zero-order valence-corrected chi connectivity index (χ0v) is 15.4. The van der Waals surface area contributed by atoms with Crippen LogP contribution < -0.4 is 0 Å². The second-order valence-corrected chi connectivity index (χ2v) is 9.02. The Bertz CT molecular complexity index is 700. The number of thioether (sulfide) groups is 1. The summed E-state index contributed by atoms with van der Waals surface area (Å²) in [6.07, 6.45) is -0.0885. The van der Waals surface area contributed by atoms with Gasteiger partial charge in [0.15, 0.2) is 9.84 Å². The molecule has 1 atom stereocenters. The minimum atomic E-state index is -3.49. The number of sulfone groups is 1. The number of aryl methyl sites for hydroxylation is 1. The number of amides is 1. The molecule has 1 aromatic carbocycles. The van der Waals surface area contributed by atoms with E-state index in [9.17, 15) is 18.0 Å². The van der Waals surface area contributed by atoms with Crippen molar-refractivity contribution in [1.82, 2.24) is 4.90 Å². The van der Waals surface area contributed by atoms with Crippen LogP contribution in [0.4, 0.5) is 0 Å². The van der Waals surface area contributed by atoms with Gasteiger partial charge in [0.1, 0.15) is 5.25 Å². The van der Waals surface area contributed by atoms with E-state index in [1.165, 1.54) is 18.9 Å². The smallest absolute Gasteiger partial charge is 0.320 e. The van der Waals surface area contributed by atoms with E-state index >= 15 is 0 Å². The van der Waals surface area contributed by atoms with Gasteiger partial charge in [0.05, 0.1) is 17.8 Å². The third-order valence-electron chi connectivity index (χ3n) is 3.85. The van der Waals surface area contributed by atoms with E-state index in [1.54, 1.807) is 29.2 Å². The number of hydrogen-bond donors (Lipinski definition) is 0. The number of carbonyl (C=O) groups excluding carboxylic acids is 2. The molecule has 0 N–H and O–H groups in total. The molecule has 1 aliphatic rings. The summed E-state index contributed by atoms with van der Waals surface area (Å²) in [4.78, 5) is 25.6. The lowest BCUT2D eigenvalue weighted by molar-refractivity contribution is -0.141. The highest BCUT2D eigenvalue weighted by Gasteiger charge is 2.30. The average molecular weight is 371 g/mol. The van der Waals surface area contributed by atoms with Crippen molar-refractivity contribution in [3.05, 3.63) is 29.8 Å². The number of carbonyl (C=O) groups is 2. The molecule has 1 heterocycles. The molecular weight excluding hydrogens is 350 g/mol. The highest BCUT2D eigenvalue weighted by Crippen LogP contribution is 2.21. The average Bonchev–Trinajstić information content (AvgIpc) is 2.59. The van der Waals surface area contributed by atoms with E-state index in [1.807, 2.05) is 6.92 Å². The first-order valence-corrected chi connectivity index (χ1v) is 10.3. The van der Waals surface area contributed by atoms with E-state index in [4.69, 9.17) is 4.74 Å². The molecule has 8 heteroatoms. The van der Waals surface area contributed by atoms with Gasteiger partial charge in [-0.3, -0.25) is 9.59 Å². The van der Waals surface area contributed by atoms with Crippen molar-refractivity contribution in [2.75, 3.05) is 31.7 Å². The van der Waals surface area contributed by atoms with Crippen LogP contribution in [0.5, 0.6) is 0 Å². The first-order valence-electron chi connectivity index (χ1n) is 7.60. The lowest BCUT2D eigenvalue weighted by atomic mass is 10.2. The summed E-state index contributed by atoms with van der Waals surface area (Å²) in [6, 6.07) is 6.58. The van der Waals surface area contributed by atoms with Crippen molar-refractivity contribution in [2.24, 2.45) is 0 Å². The van der Waals surface area contributed by atoms with Crippen LogP contribution in [0.3, 0.4) is 0 Å². The zero-order valence-electron chi connectivity index (χ0n) is 13.7. The van der Waals surface area contributed by atoms with Crippen molar-refractivity contribution in [3.8, 4) is 0 Å². The van der Waals surface area contributed by atoms with Crippen LogP contribution in [0.15, 0.2) is 29.2 Å². The third-order valence-corrected chi connectivity index (χ3v) is 6.74. The molecule has 0 radical (unpaired) electrons. The van der Waals surface area contributed by atoms with E-state index in [0.29, 0.717) is 12.3 Å². The molecule has 6 nitrogen and oxygen atoms in total. The van der Waals surface area contributed by atoms with Crippen molar-refractivity contribution in [2.45, 2.75) is 23.5 Å². The van der Waals surface area contributed by atoms with Gasteiger partial charge in [0, 0.05) is 25.3 Å². The molecule has 24 heavy (non-hydrogen) atoms. The molecule has 1 aliphatic heterocycles. The molecular formula is C16H21NO5S2. The normalized spacial score (nSPS) is 18.2. The Kier molecular flexibility index (Phi) is 6.28. The summed E-state index contributed by atoms with van der Waals surface area (Å²) in [7, 11) is -2.17. The molecule has 0 aromatic heterocycles. The first-order chi connectivity index (χ1) is 11.3. The zero-order chi connectivity index (χ0) is 17.7. The predicted octanol–water partition coefficient (Wildman–Crippen LogP) is 1.28. The number of nitrogens with zero attached hydrogens (tertiary/aromatic N) is 1. The highest BCUT2D eigenvalue weighted by atomic mass is 32.2. The number of esters is 1. The fourth-order valence-electron chi connectivity index (χ4n) is 2.39. The number of rotatable bonds is 5. The number of benzene rings is 1. The van der Waals surface area contributed by atoms with E-state index < -0.39 is 15.1 Å². The van der Waals surface area contributed by atoms with Crippen LogP contribution in [-0.4, -0.2) is 62.1 Å². The largest absolute Gasteiger partial charge is 0.468 e. The topological polar surface area (TPSA) is 80.8 Å².